The number of hydrogen-bond acceptors (Lipinski definition) is 6. The molecule has 2 aromatic rings. The minimum absolute atomic E-state index is 0.128. The fourth-order valence-electron chi connectivity index (χ4n) is 3.28. The van der Waals surface area contributed by atoms with Crippen LogP contribution in [0.25, 0.3) is 0 Å². The molecule has 0 aliphatic heterocycles. The first-order valence-corrected chi connectivity index (χ1v) is 9.35. The van der Waals surface area contributed by atoms with Crippen LogP contribution in [-0.4, -0.2) is 30.0 Å². The smallest absolute Gasteiger partial charge is 0.338 e. The van der Waals surface area contributed by atoms with Crippen LogP contribution in [0.5, 0.6) is 5.75 Å². The minimum atomic E-state index is -1.09. The van der Waals surface area contributed by atoms with Gasteiger partial charge in [-0.15, -0.1) is 0 Å². The number of carbonyl (C=O) groups is 2. The fraction of sp³-hybridized carbons (Fsp3) is 0.333. The topological polar surface area (TPSA) is 108 Å². The van der Waals surface area contributed by atoms with E-state index in [1.165, 1.54) is 37.8 Å². The Labute approximate surface area is 168 Å². The van der Waals surface area contributed by atoms with Gasteiger partial charge in [0.05, 0.1) is 23.3 Å². The Kier molecular flexibility index (Phi) is 6.11. The lowest BCUT2D eigenvalue weighted by atomic mass is 9.90. The molecule has 1 N–H and O–H groups in total. The summed E-state index contributed by atoms with van der Waals surface area (Å²) in [5.41, 5.74) is 2.72. The molecule has 2 aromatic carbocycles. The summed E-state index contributed by atoms with van der Waals surface area (Å²) in [6.45, 7) is 1.44. The Morgan fingerprint density at radius 3 is 2.52 bits per heavy atom. The summed E-state index contributed by atoms with van der Waals surface area (Å²) in [4.78, 5) is 35.3. The number of ether oxygens (including phenoxy) is 2. The van der Waals surface area contributed by atoms with E-state index >= 15 is 0 Å². The predicted molar refractivity (Wildman–Crippen MR) is 106 cm³/mol. The number of esters is 1. The Hall–Kier alpha value is -3.42. The molecule has 1 aliphatic carbocycles. The van der Waals surface area contributed by atoms with Crippen LogP contribution in [0.15, 0.2) is 36.4 Å². The van der Waals surface area contributed by atoms with Crippen LogP contribution in [-0.2, 0) is 22.4 Å². The first-order valence-electron chi connectivity index (χ1n) is 9.35. The van der Waals surface area contributed by atoms with Crippen molar-refractivity contribution in [3.63, 3.8) is 0 Å². The van der Waals surface area contributed by atoms with Gasteiger partial charge in [0.15, 0.2) is 6.10 Å². The van der Waals surface area contributed by atoms with Gasteiger partial charge in [0, 0.05) is 12.1 Å². The van der Waals surface area contributed by atoms with Crippen molar-refractivity contribution in [2.45, 2.75) is 38.7 Å². The predicted octanol–water partition coefficient (Wildman–Crippen LogP) is 3.67. The summed E-state index contributed by atoms with van der Waals surface area (Å²) in [6.07, 6.45) is 3.08. The minimum Gasteiger partial charge on any atom is -0.495 e. The Morgan fingerprint density at radius 2 is 1.83 bits per heavy atom. The zero-order valence-corrected chi connectivity index (χ0v) is 16.3. The maximum absolute atomic E-state index is 12.4. The van der Waals surface area contributed by atoms with E-state index in [0.29, 0.717) is 5.56 Å². The number of fused-ring (bicyclic) bond motifs is 1. The molecular formula is C21H22N2O6. The summed E-state index contributed by atoms with van der Waals surface area (Å²) in [5, 5.41) is 13.5. The number of anilines is 1. The Balaban J connectivity index is 1.68. The van der Waals surface area contributed by atoms with Gasteiger partial charge in [-0.2, -0.15) is 0 Å². The Morgan fingerprint density at radius 1 is 1.10 bits per heavy atom. The van der Waals surface area contributed by atoms with Crippen LogP contribution in [0, 0.1) is 10.1 Å². The van der Waals surface area contributed by atoms with E-state index in [2.05, 4.69) is 5.32 Å². The second-order valence-electron chi connectivity index (χ2n) is 6.87. The molecule has 0 bridgehead atoms. The zero-order valence-electron chi connectivity index (χ0n) is 16.3. The number of methoxy groups -OCH3 is 1. The molecule has 1 aliphatic rings. The molecule has 0 aromatic heterocycles. The summed E-state index contributed by atoms with van der Waals surface area (Å²) >= 11 is 0. The van der Waals surface area contributed by atoms with Crippen LogP contribution in [0.3, 0.4) is 0 Å². The molecule has 0 saturated carbocycles. The lowest BCUT2D eigenvalue weighted by Crippen LogP contribution is -2.30. The first kappa shape index (κ1) is 20.3. The van der Waals surface area contributed by atoms with Crippen LogP contribution in [0.2, 0.25) is 0 Å². The molecule has 152 valence electrons. The molecule has 0 fully saturated rings. The number of nitro groups is 1. The summed E-state index contributed by atoms with van der Waals surface area (Å²) < 4.78 is 10.4. The van der Waals surface area contributed by atoms with Crippen molar-refractivity contribution in [2.75, 3.05) is 12.4 Å². The lowest BCUT2D eigenvalue weighted by molar-refractivity contribution is -0.384. The number of hydrogen-bond donors (Lipinski definition) is 1. The number of benzene rings is 2. The highest BCUT2D eigenvalue weighted by molar-refractivity contribution is 5.98. The van der Waals surface area contributed by atoms with Gasteiger partial charge in [0.2, 0.25) is 0 Å². The molecule has 1 amide bonds. The van der Waals surface area contributed by atoms with Gasteiger partial charge in [-0.25, -0.2) is 4.79 Å². The standard InChI is InChI=1S/C21H22N2O6/c1-13(20(24)22-18-12-17(23(26)27)9-10-19(18)28-2)29-21(25)16-8-7-14-5-3-4-6-15(14)11-16/h7-13H,3-6H2,1-2H3,(H,22,24)/t13-/m1/s1. The number of aryl methyl sites for hydroxylation is 2. The number of rotatable bonds is 6. The van der Waals surface area contributed by atoms with E-state index in [-0.39, 0.29) is 17.1 Å². The highest BCUT2D eigenvalue weighted by Crippen LogP contribution is 2.29. The number of amides is 1. The fourth-order valence-corrected chi connectivity index (χ4v) is 3.28. The molecule has 8 heteroatoms. The molecule has 0 spiro atoms. The number of non-ortho nitro benzene ring substituents is 1. The van der Waals surface area contributed by atoms with Crippen molar-refractivity contribution in [3.05, 3.63) is 63.2 Å². The lowest BCUT2D eigenvalue weighted by Gasteiger charge is -2.18. The number of nitrogens with zero attached hydrogens (tertiary/aromatic N) is 1. The third-order valence-electron chi connectivity index (χ3n) is 4.89. The van der Waals surface area contributed by atoms with E-state index < -0.39 is 22.9 Å². The molecule has 0 heterocycles. The molecule has 1 atom stereocenters. The van der Waals surface area contributed by atoms with Crippen molar-refractivity contribution >= 4 is 23.3 Å². The van der Waals surface area contributed by atoms with Crippen molar-refractivity contribution in [1.82, 2.24) is 0 Å². The highest BCUT2D eigenvalue weighted by atomic mass is 16.6. The molecule has 0 unspecified atom stereocenters. The van der Waals surface area contributed by atoms with Gasteiger partial charge < -0.3 is 14.8 Å². The summed E-state index contributed by atoms with van der Waals surface area (Å²) in [5.74, 6) is -0.945. The molecule has 0 saturated heterocycles. The van der Waals surface area contributed by atoms with Gasteiger partial charge >= 0.3 is 5.97 Å². The van der Waals surface area contributed by atoms with E-state index in [0.717, 1.165) is 31.2 Å². The molecule has 8 nitrogen and oxygen atoms in total. The van der Waals surface area contributed by atoms with E-state index in [4.69, 9.17) is 9.47 Å². The SMILES string of the molecule is COc1ccc([N+](=O)[O-])cc1NC(=O)[C@@H](C)OC(=O)c1ccc2c(c1)CCCC2. The third-order valence-corrected chi connectivity index (χ3v) is 4.89. The van der Waals surface area contributed by atoms with Gasteiger partial charge in [-0.05, 0) is 61.9 Å². The normalized spacial score (nSPS) is 13.7. The van der Waals surface area contributed by atoms with E-state index in [9.17, 15) is 19.7 Å². The van der Waals surface area contributed by atoms with Gasteiger partial charge in [0.25, 0.3) is 11.6 Å². The highest BCUT2D eigenvalue weighted by Gasteiger charge is 2.22. The average Bonchev–Trinajstić information content (AvgIpc) is 2.73. The van der Waals surface area contributed by atoms with Crippen molar-refractivity contribution in [3.8, 4) is 5.75 Å². The Bertz CT molecular complexity index is 956. The van der Waals surface area contributed by atoms with E-state index in [1.54, 1.807) is 6.07 Å². The third kappa shape index (κ3) is 4.71. The van der Waals surface area contributed by atoms with E-state index in [1.807, 2.05) is 12.1 Å². The first-order chi connectivity index (χ1) is 13.9. The van der Waals surface area contributed by atoms with Gasteiger partial charge in [-0.1, -0.05) is 6.07 Å². The van der Waals surface area contributed by atoms with Crippen molar-refractivity contribution in [1.29, 1.82) is 0 Å². The van der Waals surface area contributed by atoms with Gasteiger partial charge in [-0.3, -0.25) is 14.9 Å². The summed E-state index contributed by atoms with van der Waals surface area (Å²) in [6, 6.07) is 9.32. The number of nitro benzene ring substituents is 1. The van der Waals surface area contributed by atoms with Crippen LogP contribution < -0.4 is 10.1 Å². The number of nitrogens with one attached hydrogen (secondary N) is 1. The zero-order chi connectivity index (χ0) is 21.0. The molecule has 0 radical (unpaired) electrons. The second kappa shape index (κ2) is 8.72. The van der Waals surface area contributed by atoms with Crippen molar-refractivity contribution in [2.24, 2.45) is 0 Å². The largest absolute Gasteiger partial charge is 0.495 e. The van der Waals surface area contributed by atoms with Crippen LogP contribution >= 0.6 is 0 Å². The monoisotopic (exact) mass is 398 g/mol. The molecule has 3 rings (SSSR count). The maximum atomic E-state index is 12.4. The average molecular weight is 398 g/mol. The quantitative estimate of drug-likeness (QED) is 0.452. The van der Waals surface area contributed by atoms with Crippen LogP contribution in [0.1, 0.15) is 41.3 Å². The van der Waals surface area contributed by atoms with Crippen molar-refractivity contribution < 1.29 is 24.0 Å². The number of carbonyl (C=O) groups excluding carboxylic acids is 2. The van der Waals surface area contributed by atoms with Crippen LogP contribution in [0.4, 0.5) is 11.4 Å². The summed E-state index contributed by atoms with van der Waals surface area (Å²) in [7, 11) is 1.39. The maximum Gasteiger partial charge on any atom is 0.338 e. The van der Waals surface area contributed by atoms with Gasteiger partial charge in [0.1, 0.15) is 5.75 Å². The molecule has 29 heavy (non-hydrogen) atoms. The second-order valence-corrected chi connectivity index (χ2v) is 6.87. The molecular weight excluding hydrogens is 376 g/mol.